The second kappa shape index (κ2) is 10.4. The van der Waals surface area contributed by atoms with E-state index in [1.54, 1.807) is 0 Å². The molecule has 2 aliphatic carbocycles. The molecule has 35 heavy (non-hydrogen) atoms. The number of ether oxygens (including phenoxy) is 3. The van der Waals surface area contributed by atoms with Gasteiger partial charge in [0, 0.05) is 14.7 Å². The highest BCUT2D eigenvalue weighted by molar-refractivity contribution is 7.91. The highest BCUT2D eigenvalue weighted by Crippen LogP contribution is 2.42. The van der Waals surface area contributed by atoms with E-state index >= 15 is 0 Å². The van der Waals surface area contributed by atoms with Gasteiger partial charge < -0.3 is 14.2 Å². The summed E-state index contributed by atoms with van der Waals surface area (Å²) in [6, 6.07) is 3.39. The molecule has 11 heteroatoms. The zero-order valence-electron chi connectivity index (χ0n) is 21.1. The number of hydrogen-bond acceptors (Lipinski definition) is 8. The van der Waals surface area contributed by atoms with Crippen molar-refractivity contribution in [2.45, 2.75) is 82.5 Å². The fourth-order valence-corrected chi connectivity index (χ4v) is 6.33. The fraction of sp³-hybridized carbons (Fsp3) is 0.625. The molecule has 192 valence electrons. The normalized spacial score (nSPS) is 15.2. The van der Waals surface area contributed by atoms with Gasteiger partial charge in [-0.05, 0) is 66.8 Å². The second-order valence-electron chi connectivity index (χ2n) is 10.5. The van der Waals surface area contributed by atoms with E-state index < -0.39 is 29.6 Å². The molecule has 0 N–H and O–H groups in total. The number of methoxy groups -OCH3 is 1. The standard InChI is InChI=1S/C24H35N3O6SSi/c1-31-21(28)11-13-34(29,30)23-25-24(27(26-23)16-32-12-14-35(2,3)4)33-22-19-9-5-7-17(19)15-18-8-6-10-20(18)22/h15H,5-14,16H2,1-4H3. The molecule has 0 unspecified atom stereocenters. The predicted molar refractivity (Wildman–Crippen MR) is 133 cm³/mol. The third kappa shape index (κ3) is 6.12. The molecule has 1 heterocycles. The number of carbonyl (C=O) groups is 1. The number of esters is 1. The molecule has 0 saturated heterocycles. The molecule has 0 spiro atoms. The minimum absolute atomic E-state index is 0.0382. The Morgan fingerprint density at radius 3 is 2.34 bits per heavy atom. The van der Waals surface area contributed by atoms with Crippen molar-refractivity contribution in [2.24, 2.45) is 0 Å². The van der Waals surface area contributed by atoms with Crippen LogP contribution in [0.4, 0.5) is 0 Å². The van der Waals surface area contributed by atoms with Crippen LogP contribution in [0.3, 0.4) is 0 Å². The maximum absolute atomic E-state index is 12.9. The van der Waals surface area contributed by atoms with Gasteiger partial charge in [0.15, 0.2) is 0 Å². The predicted octanol–water partition coefficient (Wildman–Crippen LogP) is 3.70. The van der Waals surface area contributed by atoms with Crippen LogP contribution < -0.4 is 4.74 Å². The van der Waals surface area contributed by atoms with Gasteiger partial charge in [0.05, 0.1) is 19.3 Å². The lowest BCUT2D eigenvalue weighted by Crippen LogP contribution is -2.22. The molecular formula is C24H35N3O6SSi. The number of hydrogen-bond donors (Lipinski definition) is 0. The summed E-state index contributed by atoms with van der Waals surface area (Å²) in [5.41, 5.74) is 5.00. The number of sulfone groups is 1. The first-order valence-electron chi connectivity index (χ1n) is 12.2. The third-order valence-corrected chi connectivity index (χ3v) is 9.70. The SMILES string of the molecule is COC(=O)CCS(=O)(=O)c1nc(Oc2c3c(cc4c2CCC4)CCC3)n(COCC[Si](C)(C)C)n1. The zero-order chi connectivity index (χ0) is 25.2. The molecule has 0 saturated carbocycles. The van der Waals surface area contributed by atoms with Crippen LogP contribution in [0, 0.1) is 0 Å². The van der Waals surface area contributed by atoms with Gasteiger partial charge in [-0.15, -0.1) is 5.10 Å². The van der Waals surface area contributed by atoms with Crippen LogP contribution in [0.1, 0.15) is 41.5 Å². The molecule has 0 aliphatic heterocycles. The minimum Gasteiger partial charge on any atom is -0.469 e. The number of carbonyl (C=O) groups excluding carboxylic acids is 1. The van der Waals surface area contributed by atoms with Crippen molar-refractivity contribution in [2.75, 3.05) is 19.5 Å². The lowest BCUT2D eigenvalue weighted by molar-refractivity contribution is -0.140. The first-order valence-corrected chi connectivity index (χ1v) is 17.6. The van der Waals surface area contributed by atoms with E-state index in [1.165, 1.54) is 34.0 Å². The van der Waals surface area contributed by atoms with Crippen LogP contribution >= 0.6 is 0 Å². The van der Waals surface area contributed by atoms with E-state index in [4.69, 9.17) is 9.47 Å². The first-order chi connectivity index (χ1) is 16.6. The van der Waals surface area contributed by atoms with Gasteiger partial charge in [0.2, 0.25) is 9.84 Å². The summed E-state index contributed by atoms with van der Waals surface area (Å²) in [5, 5.41) is 3.86. The van der Waals surface area contributed by atoms with Crippen LogP contribution in [-0.2, 0) is 56.5 Å². The summed E-state index contributed by atoms with van der Waals surface area (Å²) in [6.45, 7) is 7.39. The molecule has 2 aromatic rings. The highest BCUT2D eigenvalue weighted by atomic mass is 32.2. The topological polar surface area (TPSA) is 110 Å². The summed E-state index contributed by atoms with van der Waals surface area (Å²) in [4.78, 5) is 15.8. The van der Waals surface area contributed by atoms with Crippen molar-refractivity contribution in [3.63, 3.8) is 0 Å². The Hall–Kier alpha value is -2.24. The quantitative estimate of drug-likeness (QED) is 0.250. The Labute approximate surface area is 208 Å². The number of aryl methyl sites for hydroxylation is 2. The van der Waals surface area contributed by atoms with Crippen molar-refractivity contribution in [1.82, 2.24) is 14.8 Å². The third-order valence-electron chi connectivity index (χ3n) is 6.52. The van der Waals surface area contributed by atoms with Crippen LogP contribution in [-0.4, -0.2) is 56.7 Å². The Balaban J connectivity index is 1.63. The Kier molecular flexibility index (Phi) is 7.67. The maximum atomic E-state index is 12.9. The van der Waals surface area contributed by atoms with Crippen molar-refractivity contribution in [3.05, 3.63) is 28.3 Å². The number of rotatable bonds is 11. The van der Waals surface area contributed by atoms with Crippen molar-refractivity contribution >= 4 is 23.9 Å². The molecular weight excluding hydrogens is 486 g/mol. The lowest BCUT2D eigenvalue weighted by atomic mass is 10.0. The van der Waals surface area contributed by atoms with Crippen LogP contribution in [0.25, 0.3) is 0 Å². The van der Waals surface area contributed by atoms with E-state index in [1.807, 2.05) is 0 Å². The van der Waals surface area contributed by atoms with Gasteiger partial charge in [0.1, 0.15) is 12.5 Å². The van der Waals surface area contributed by atoms with E-state index in [0.717, 1.165) is 50.3 Å². The second-order valence-corrected chi connectivity index (χ2v) is 18.1. The molecule has 0 radical (unpaired) electrons. The summed E-state index contributed by atoms with van der Waals surface area (Å²) < 4.78 is 43.9. The van der Waals surface area contributed by atoms with Gasteiger partial charge in [-0.3, -0.25) is 4.79 Å². The monoisotopic (exact) mass is 521 g/mol. The lowest BCUT2D eigenvalue weighted by Gasteiger charge is -2.17. The van der Waals surface area contributed by atoms with Gasteiger partial charge in [-0.2, -0.15) is 9.67 Å². The molecule has 0 amide bonds. The molecule has 0 atom stereocenters. The molecule has 1 aromatic heterocycles. The molecule has 0 fully saturated rings. The van der Waals surface area contributed by atoms with Crippen LogP contribution in [0.15, 0.2) is 11.2 Å². The number of benzene rings is 1. The average Bonchev–Trinajstić information content (AvgIpc) is 3.54. The maximum Gasteiger partial charge on any atom is 0.323 e. The molecule has 2 aliphatic rings. The average molecular weight is 522 g/mol. The van der Waals surface area contributed by atoms with Crippen molar-refractivity contribution in [3.8, 4) is 11.8 Å². The van der Waals surface area contributed by atoms with Gasteiger partial charge in [-0.25, -0.2) is 8.42 Å². The Morgan fingerprint density at radius 1 is 1.09 bits per heavy atom. The molecule has 1 aromatic carbocycles. The molecule has 0 bridgehead atoms. The van der Waals surface area contributed by atoms with Crippen LogP contribution in [0.5, 0.6) is 11.8 Å². The van der Waals surface area contributed by atoms with E-state index in [9.17, 15) is 13.2 Å². The first kappa shape index (κ1) is 25.8. The largest absolute Gasteiger partial charge is 0.469 e. The van der Waals surface area contributed by atoms with E-state index in [0.29, 0.717) is 6.61 Å². The smallest absolute Gasteiger partial charge is 0.323 e. The summed E-state index contributed by atoms with van der Waals surface area (Å²) in [6.07, 6.45) is 5.81. The highest BCUT2D eigenvalue weighted by Gasteiger charge is 2.29. The number of fused-ring (bicyclic) bond motifs is 2. The number of aromatic nitrogens is 3. The van der Waals surface area contributed by atoms with Crippen LogP contribution in [0.2, 0.25) is 25.7 Å². The summed E-state index contributed by atoms with van der Waals surface area (Å²) in [5.74, 6) is -0.230. The van der Waals surface area contributed by atoms with Crippen molar-refractivity contribution < 1.29 is 27.4 Å². The number of nitrogens with zero attached hydrogens (tertiary/aromatic N) is 3. The Bertz CT molecular complexity index is 1170. The molecule has 4 rings (SSSR count). The van der Waals surface area contributed by atoms with E-state index in [-0.39, 0.29) is 24.3 Å². The van der Waals surface area contributed by atoms with Gasteiger partial charge >= 0.3 is 12.0 Å². The zero-order valence-corrected chi connectivity index (χ0v) is 22.9. The summed E-state index contributed by atoms with van der Waals surface area (Å²) in [7, 11) is -3.97. The fourth-order valence-electron chi connectivity index (χ4n) is 4.52. The Morgan fingerprint density at radius 2 is 1.74 bits per heavy atom. The molecule has 9 nitrogen and oxygen atoms in total. The van der Waals surface area contributed by atoms with Crippen molar-refractivity contribution in [1.29, 1.82) is 0 Å². The van der Waals surface area contributed by atoms with E-state index in [2.05, 4.69) is 40.5 Å². The summed E-state index contributed by atoms with van der Waals surface area (Å²) >= 11 is 0. The van der Waals surface area contributed by atoms with Gasteiger partial charge in [0.25, 0.3) is 5.16 Å². The minimum atomic E-state index is -3.91. The van der Waals surface area contributed by atoms with Gasteiger partial charge in [-0.1, -0.05) is 25.7 Å².